The summed E-state index contributed by atoms with van der Waals surface area (Å²) in [7, 11) is 129. The SMILES string of the molecule is [B]c1c([B])c(-c2c3c([B])c([B])c([B])c([B])c3c(-c3c([B])c([B])c([B])c4c([B])c([B])c([B])c([B])c34)c3c([B])c([B])c([B])c([B])c23)c([B])c([B])c1-c1ccc2c(c1)oc1ccccc12. The minimum absolute atomic E-state index is 0.0373. The van der Waals surface area contributed by atoms with Crippen molar-refractivity contribution < 1.29 is 4.42 Å². The van der Waals surface area contributed by atoms with E-state index in [9.17, 15) is 0 Å². The van der Waals surface area contributed by atoms with Crippen molar-refractivity contribution in [3.05, 3.63) is 42.5 Å². The molecule has 0 fully saturated rings. The first-order valence-electron chi connectivity index (χ1n) is 18.7. The van der Waals surface area contributed by atoms with Crippen molar-refractivity contribution in [3.63, 3.8) is 0 Å². The molecule has 0 saturated heterocycles. The van der Waals surface area contributed by atoms with E-state index >= 15 is 0 Å². The van der Waals surface area contributed by atoms with Crippen molar-refractivity contribution in [2.75, 3.05) is 0 Å². The number of benzene rings is 8. The molecule has 0 spiro atoms. The van der Waals surface area contributed by atoms with Crippen LogP contribution in [0.5, 0.6) is 0 Å². The Balaban J connectivity index is 1.53. The van der Waals surface area contributed by atoms with Crippen molar-refractivity contribution in [1.82, 2.24) is 0 Å². The van der Waals surface area contributed by atoms with Gasteiger partial charge >= 0.3 is 0 Å². The quantitative estimate of drug-likeness (QED) is 0.130. The number of para-hydroxylation sites is 1. The summed E-state index contributed by atoms with van der Waals surface area (Å²) in [4.78, 5) is 0. The highest BCUT2D eigenvalue weighted by Gasteiger charge is 2.29. The highest BCUT2D eigenvalue weighted by atomic mass is 16.3. The average molecular weight is 733 g/mol. The van der Waals surface area contributed by atoms with Gasteiger partial charge in [-0.25, -0.2) is 0 Å². The molecular weight excluding hydrogens is 726 g/mol. The highest BCUT2D eigenvalue weighted by Crippen LogP contribution is 2.41. The highest BCUT2D eigenvalue weighted by molar-refractivity contribution is 6.75. The molecule has 9 aromatic rings. The summed E-state index contributed by atoms with van der Waals surface area (Å²) < 4.78 is 6.17. The zero-order valence-electron chi connectivity index (χ0n) is 32.9. The lowest BCUT2D eigenvalue weighted by molar-refractivity contribution is 0.669. The molecule has 8 aromatic carbocycles. The van der Waals surface area contributed by atoms with Crippen LogP contribution in [0.1, 0.15) is 0 Å². The molecule has 238 valence electrons. The van der Waals surface area contributed by atoms with E-state index in [2.05, 4.69) is 0 Å². The molecule has 1 heterocycles. The van der Waals surface area contributed by atoms with Gasteiger partial charge < -0.3 is 4.42 Å². The summed E-state index contributed by atoms with van der Waals surface area (Å²) in [5.74, 6) is 0. The van der Waals surface area contributed by atoms with Crippen LogP contribution in [-0.4, -0.2) is 149 Å². The number of hydrogen-bond acceptors (Lipinski definition) is 1. The fraction of sp³-hybridized carbons (Fsp3) is 0. The first-order chi connectivity index (χ1) is 29.2. The maximum atomic E-state index is 7.10. The van der Waals surface area contributed by atoms with Crippen molar-refractivity contribution in [3.8, 4) is 33.4 Å². The maximum absolute atomic E-state index is 7.10. The smallest absolute Gasteiger partial charge is 0.136 e. The van der Waals surface area contributed by atoms with E-state index in [1.54, 1.807) is 6.07 Å². The fourth-order valence-corrected chi connectivity index (χ4v) is 8.91. The molecular formula is C42H7B19O. The predicted molar refractivity (Wildman–Crippen MR) is 285 cm³/mol. The number of rotatable bonds is 3. The van der Waals surface area contributed by atoms with E-state index in [1.807, 2.05) is 36.4 Å². The third-order valence-corrected chi connectivity index (χ3v) is 12.2. The van der Waals surface area contributed by atoms with Gasteiger partial charge in [0.2, 0.25) is 0 Å². The van der Waals surface area contributed by atoms with Crippen LogP contribution in [0.25, 0.3) is 87.6 Å². The van der Waals surface area contributed by atoms with Gasteiger partial charge in [-0.3, -0.25) is 0 Å². The van der Waals surface area contributed by atoms with Crippen LogP contribution in [0.4, 0.5) is 0 Å². The number of fused-ring (bicyclic) bond motifs is 6. The standard InChI is InChI=1S/C42H7B19O/c43-24-13(8-5-6-10-9-3-1-2-4-11(9)62-12(10)7-8)25(44)33(52)22(32(24)51)15-19-16(27(46)37(56)39(58)29(19)48)14(17-20(15)30(49)40(59)38(57)28(17)47)18-21-23(34(53)36(55)26(18)45)35(54)42(61)41(60)31(21)50/h1-7H. The Hall–Kier alpha value is -4.43. The van der Waals surface area contributed by atoms with Gasteiger partial charge in [0.15, 0.2) is 0 Å². The normalized spacial score (nSPS) is 11.8. The molecule has 1 aromatic heterocycles. The Morgan fingerprint density at radius 3 is 1.02 bits per heavy atom. The van der Waals surface area contributed by atoms with E-state index in [0.29, 0.717) is 22.3 Å². The molecule has 1 nitrogen and oxygen atoms in total. The third-order valence-electron chi connectivity index (χ3n) is 12.2. The molecule has 0 aliphatic rings. The maximum Gasteiger partial charge on any atom is 0.136 e. The number of hydrogen-bond donors (Lipinski definition) is 0. The molecule has 62 heavy (non-hydrogen) atoms. The van der Waals surface area contributed by atoms with E-state index in [-0.39, 0.29) is 158 Å². The lowest BCUT2D eigenvalue weighted by atomic mass is 9.55. The average Bonchev–Trinajstić information content (AvgIpc) is 3.63. The van der Waals surface area contributed by atoms with Gasteiger partial charge in [0.25, 0.3) is 0 Å². The minimum atomic E-state index is -0.115. The lowest BCUT2D eigenvalue weighted by Gasteiger charge is -2.33. The monoisotopic (exact) mass is 736 g/mol. The molecule has 38 radical (unpaired) electrons. The number of furan rings is 1. The van der Waals surface area contributed by atoms with Gasteiger partial charge in [-0.1, -0.05) is 89.8 Å². The summed E-state index contributed by atoms with van der Waals surface area (Å²) in [6.07, 6.45) is 0. The van der Waals surface area contributed by atoms with E-state index in [4.69, 9.17) is 153 Å². The van der Waals surface area contributed by atoms with Gasteiger partial charge in [-0.05, 0) is 83.9 Å². The summed E-state index contributed by atoms with van der Waals surface area (Å²) >= 11 is 0. The van der Waals surface area contributed by atoms with Crippen molar-refractivity contribution in [2.45, 2.75) is 0 Å². The van der Waals surface area contributed by atoms with Crippen LogP contribution in [0.3, 0.4) is 0 Å². The second-order valence-corrected chi connectivity index (χ2v) is 15.3. The molecule has 20 heteroatoms. The Morgan fingerprint density at radius 2 is 0.565 bits per heavy atom. The van der Waals surface area contributed by atoms with E-state index < -0.39 is 0 Å². The zero-order valence-corrected chi connectivity index (χ0v) is 32.9. The van der Waals surface area contributed by atoms with Gasteiger partial charge in [-0.15, -0.1) is 38.2 Å². The topological polar surface area (TPSA) is 13.1 Å². The lowest BCUT2D eigenvalue weighted by Crippen LogP contribution is -2.53. The van der Waals surface area contributed by atoms with Crippen LogP contribution in [-0.2, 0) is 0 Å². The summed E-state index contributed by atoms with van der Waals surface area (Å²) in [5.41, 5.74) is 1.12. The van der Waals surface area contributed by atoms with E-state index in [0.717, 1.165) is 10.8 Å². The largest absolute Gasteiger partial charge is 0.456 e. The molecule has 0 aliphatic carbocycles. The summed E-state index contributed by atoms with van der Waals surface area (Å²) in [5, 5.41) is 2.41. The van der Waals surface area contributed by atoms with Crippen LogP contribution < -0.4 is 104 Å². The fourth-order valence-electron chi connectivity index (χ4n) is 8.91. The Morgan fingerprint density at radius 1 is 0.242 bits per heavy atom. The van der Waals surface area contributed by atoms with Gasteiger partial charge in [0, 0.05) is 10.8 Å². The van der Waals surface area contributed by atoms with Crippen LogP contribution in [0, 0.1) is 0 Å². The van der Waals surface area contributed by atoms with Gasteiger partial charge in [0.1, 0.15) is 160 Å². The van der Waals surface area contributed by atoms with Crippen molar-refractivity contribution in [2.24, 2.45) is 0 Å². The third kappa shape index (κ3) is 5.62. The predicted octanol–water partition coefficient (Wildman–Crippen LogP) is -10.9. The van der Waals surface area contributed by atoms with Crippen LogP contribution in [0.2, 0.25) is 0 Å². The van der Waals surface area contributed by atoms with Crippen LogP contribution in [0.15, 0.2) is 46.9 Å². The zero-order chi connectivity index (χ0) is 44.9. The summed E-state index contributed by atoms with van der Waals surface area (Å²) in [6, 6.07) is 13.2. The molecule has 9 rings (SSSR count). The Bertz CT molecular complexity index is 3460. The Kier molecular flexibility index (Phi) is 10.2. The molecule has 0 bridgehead atoms. The van der Waals surface area contributed by atoms with Gasteiger partial charge in [0.05, 0.1) is 0 Å². The van der Waals surface area contributed by atoms with Crippen molar-refractivity contribution >= 4 is 307 Å². The molecule has 0 unspecified atom stereocenters. The second-order valence-electron chi connectivity index (χ2n) is 15.3. The molecule has 0 N–H and O–H groups in total. The van der Waals surface area contributed by atoms with Crippen LogP contribution >= 0.6 is 0 Å². The first kappa shape index (κ1) is 42.9. The molecule has 0 aliphatic heterocycles. The molecule has 0 amide bonds. The Labute approximate surface area is 385 Å². The minimum Gasteiger partial charge on any atom is -0.456 e. The van der Waals surface area contributed by atoms with E-state index in [1.165, 1.54) is 0 Å². The van der Waals surface area contributed by atoms with Crippen molar-refractivity contribution in [1.29, 1.82) is 0 Å². The first-order valence-corrected chi connectivity index (χ1v) is 18.7. The molecule has 0 saturated carbocycles. The second kappa shape index (κ2) is 14.8. The summed E-state index contributed by atoms with van der Waals surface area (Å²) in [6.45, 7) is 0. The molecule has 0 atom stereocenters. The van der Waals surface area contributed by atoms with Gasteiger partial charge in [-0.2, -0.15) is 0 Å².